The molecule has 140 valence electrons. The van der Waals surface area contributed by atoms with Crippen LogP contribution in [0.2, 0.25) is 10.0 Å². The van der Waals surface area contributed by atoms with Crippen LogP contribution in [-0.2, 0) is 12.6 Å². The third kappa shape index (κ3) is 2.88. The average Bonchev–Trinajstić information content (AvgIpc) is 2.61. The topological polar surface area (TPSA) is 59.0 Å². The van der Waals surface area contributed by atoms with E-state index in [2.05, 4.69) is 15.7 Å². The molecule has 2 heterocycles. The molecule has 1 aliphatic heterocycles. The number of aryl methyl sites for hydroxylation is 2. The van der Waals surface area contributed by atoms with Crippen LogP contribution in [0.25, 0.3) is 10.8 Å². The van der Waals surface area contributed by atoms with E-state index in [9.17, 15) is 9.18 Å². The van der Waals surface area contributed by atoms with Crippen LogP contribution in [-0.4, -0.2) is 22.9 Å². The molecule has 3 aromatic rings. The first-order valence-electron chi connectivity index (χ1n) is 8.43. The van der Waals surface area contributed by atoms with Gasteiger partial charge < -0.3 is 10.6 Å². The summed E-state index contributed by atoms with van der Waals surface area (Å²) in [5, 5.41) is 12.6. The van der Waals surface area contributed by atoms with Gasteiger partial charge in [-0.05, 0) is 31.2 Å². The van der Waals surface area contributed by atoms with E-state index in [-0.39, 0.29) is 10.6 Å². The highest BCUT2D eigenvalue weighted by atomic mass is 35.5. The number of nitrogens with zero attached hydrogens (tertiary/aromatic N) is 2. The Morgan fingerprint density at radius 1 is 1.22 bits per heavy atom. The third-order valence-electron chi connectivity index (χ3n) is 4.99. The molecular weight excluding hydrogens is 390 g/mol. The molecule has 0 unspecified atom stereocenters. The van der Waals surface area contributed by atoms with Gasteiger partial charge in [0.25, 0.3) is 5.56 Å². The summed E-state index contributed by atoms with van der Waals surface area (Å²) >= 11 is 12.4. The summed E-state index contributed by atoms with van der Waals surface area (Å²) in [6.07, 6.45) is 0. The molecule has 0 bridgehead atoms. The molecule has 27 heavy (non-hydrogen) atoms. The fourth-order valence-electron chi connectivity index (χ4n) is 3.56. The number of nitrogens with one attached hydrogen (secondary N) is 2. The van der Waals surface area contributed by atoms with Crippen molar-refractivity contribution in [3.05, 3.63) is 67.8 Å². The lowest BCUT2D eigenvalue weighted by molar-refractivity contribution is 0.307. The van der Waals surface area contributed by atoms with Crippen molar-refractivity contribution in [1.82, 2.24) is 15.1 Å². The van der Waals surface area contributed by atoms with E-state index in [0.29, 0.717) is 34.7 Å². The smallest absolute Gasteiger partial charge is 0.274 e. The summed E-state index contributed by atoms with van der Waals surface area (Å²) in [6.45, 7) is 2.82. The monoisotopic (exact) mass is 406 g/mol. The molecule has 0 atom stereocenters. The maximum absolute atomic E-state index is 14.6. The van der Waals surface area contributed by atoms with E-state index in [1.807, 2.05) is 19.1 Å². The lowest BCUT2D eigenvalue weighted by atomic mass is 9.83. The van der Waals surface area contributed by atoms with E-state index in [0.717, 1.165) is 11.1 Å². The molecular formula is C19H17Cl2FN4O. The van der Waals surface area contributed by atoms with Crippen LogP contribution in [0, 0.1) is 12.7 Å². The first-order valence-corrected chi connectivity index (χ1v) is 9.18. The quantitative estimate of drug-likeness (QED) is 0.652. The number of fused-ring (bicyclic) bond motifs is 1. The van der Waals surface area contributed by atoms with Crippen molar-refractivity contribution in [2.45, 2.75) is 12.5 Å². The zero-order valence-corrected chi connectivity index (χ0v) is 16.2. The average molecular weight is 407 g/mol. The lowest BCUT2D eigenvalue weighted by Gasteiger charge is -2.45. The molecule has 0 saturated carbocycles. The number of halogens is 3. The molecule has 0 radical (unpaired) electrons. The number of hydrogen-bond acceptors (Lipinski definition) is 4. The molecule has 5 nitrogen and oxygen atoms in total. The Hall–Kier alpha value is -2.15. The van der Waals surface area contributed by atoms with Crippen molar-refractivity contribution in [1.29, 1.82) is 0 Å². The maximum atomic E-state index is 14.6. The zero-order valence-electron chi connectivity index (χ0n) is 14.7. The fourth-order valence-corrected chi connectivity index (χ4v) is 4.05. The number of hydrogen-bond donors (Lipinski definition) is 2. The molecule has 0 aliphatic carbocycles. The molecule has 1 fully saturated rings. The van der Waals surface area contributed by atoms with Gasteiger partial charge in [0.05, 0.1) is 26.7 Å². The summed E-state index contributed by atoms with van der Waals surface area (Å²) < 4.78 is 15.9. The molecule has 1 aromatic heterocycles. The Morgan fingerprint density at radius 3 is 2.63 bits per heavy atom. The van der Waals surface area contributed by atoms with Crippen molar-refractivity contribution in [2.24, 2.45) is 7.05 Å². The van der Waals surface area contributed by atoms with Crippen molar-refractivity contribution >= 4 is 39.7 Å². The van der Waals surface area contributed by atoms with Gasteiger partial charge in [-0.2, -0.15) is 5.10 Å². The molecule has 4 rings (SSSR count). The zero-order chi connectivity index (χ0) is 19.3. The Kier molecular flexibility index (Phi) is 4.37. The van der Waals surface area contributed by atoms with Crippen molar-refractivity contribution in [3.63, 3.8) is 0 Å². The van der Waals surface area contributed by atoms with Gasteiger partial charge in [-0.15, -0.1) is 0 Å². The first-order chi connectivity index (χ1) is 12.8. The summed E-state index contributed by atoms with van der Waals surface area (Å²) in [7, 11) is 1.62. The molecule has 2 aromatic carbocycles. The van der Waals surface area contributed by atoms with Crippen LogP contribution >= 0.6 is 23.2 Å². The van der Waals surface area contributed by atoms with E-state index in [1.54, 1.807) is 13.1 Å². The van der Waals surface area contributed by atoms with Gasteiger partial charge in [0.15, 0.2) is 0 Å². The van der Waals surface area contributed by atoms with Gasteiger partial charge in [0.1, 0.15) is 5.82 Å². The molecule has 8 heteroatoms. The SMILES string of the molecule is Cc1nn(C)c(=O)c2cc(NC3(c4c(F)ccc(Cl)c4Cl)CNC3)ccc12. The number of anilines is 1. The second-order valence-electron chi connectivity index (χ2n) is 6.80. The van der Waals surface area contributed by atoms with Gasteiger partial charge in [-0.3, -0.25) is 4.79 Å². The third-order valence-corrected chi connectivity index (χ3v) is 5.80. The normalized spacial score (nSPS) is 15.6. The van der Waals surface area contributed by atoms with E-state index in [4.69, 9.17) is 23.2 Å². The highest BCUT2D eigenvalue weighted by molar-refractivity contribution is 6.42. The predicted octanol–water partition coefficient (Wildman–Crippen LogP) is 3.60. The molecule has 0 amide bonds. The predicted molar refractivity (Wildman–Crippen MR) is 106 cm³/mol. The molecule has 2 N–H and O–H groups in total. The van der Waals surface area contributed by atoms with Crippen LogP contribution in [0.3, 0.4) is 0 Å². The van der Waals surface area contributed by atoms with Crippen molar-refractivity contribution in [3.8, 4) is 0 Å². The minimum atomic E-state index is -0.743. The Balaban J connectivity index is 1.82. The van der Waals surface area contributed by atoms with E-state index >= 15 is 0 Å². The minimum Gasteiger partial charge on any atom is -0.373 e. The summed E-state index contributed by atoms with van der Waals surface area (Å²) in [6, 6.07) is 8.22. The number of aromatic nitrogens is 2. The summed E-state index contributed by atoms with van der Waals surface area (Å²) in [4.78, 5) is 12.5. The van der Waals surface area contributed by atoms with Gasteiger partial charge in [0, 0.05) is 36.8 Å². The van der Waals surface area contributed by atoms with Crippen LogP contribution in [0.1, 0.15) is 11.3 Å². The second-order valence-corrected chi connectivity index (χ2v) is 7.59. The fraction of sp³-hybridized carbons (Fsp3) is 0.263. The van der Waals surface area contributed by atoms with Gasteiger partial charge in [-0.25, -0.2) is 9.07 Å². The Morgan fingerprint density at radius 2 is 1.96 bits per heavy atom. The number of benzene rings is 2. The van der Waals surface area contributed by atoms with Crippen LogP contribution in [0.4, 0.5) is 10.1 Å². The van der Waals surface area contributed by atoms with Crippen LogP contribution < -0.4 is 16.2 Å². The van der Waals surface area contributed by atoms with E-state index < -0.39 is 11.4 Å². The first kappa shape index (κ1) is 18.2. The largest absolute Gasteiger partial charge is 0.373 e. The van der Waals surface area contributed by atoms with Crippen LogP contribution in [0.5, 0.6) is 0 Å². The molecule has 1 aliphatic rings. The summed E-state index contributed by atoms with van der Waals surface area (Å²) in [5.41, 5.74) is 0.860. The Labute approximate surface area is 165 Å². The van der Waals surface area contributed by atoms with Gasteiger partial charge in [-0.1, -0.05) is 29.3 Å². The van der Waals surface area contributed by atoms with E-state index in [1.165, 1.54) is 16.8 Å². The highest BCUT2D eigenvalue weighted by Gasteiger charge is 2.43. The molecule has 0 spiro atoms. The standard InChI is InChI=1S/C19H17Cl2FN4O/c1-10-12-4-3-11(7-13(12)18(27)26(2)25-10)24-19(8-23-9-19)16-15(22)6-5-14(20)17(16)21/h3-7,23-24H,8-9H2,1-2H3. The Bertz CT molecular complexity index is 1120. The summed E-state index contributed by atoms with van der Waals surface area (Å²) in [5.74, 6) is -0.421. The number of rotatable bonds is 3. The van der Waals surface area contributed by atoms with Crippen LogP contribution in [0.15, 0.2) is 35.1 Å². The van der Waals surface area contributed by atoms with Crippen molar-refractivity contribution < 1.29 is 4.39 Å². The lowest BCUT2D eigenvalue weighted by Crippen LogP contribution is -2.62. The minimum absolute atomic E-state index is 0.188. The van der Waals surface area contributed by atoms with Crippen molar-refractivity contribution in [2.75, 3.05) is 18.4 Å². The van der Waals surface area contributed by atoms with Gasteiger partial charge in [0.2, 0.25) is 0 Å². The second kappa shape index (κ2) is 6.48. The maximum Gasteiger partial charge on any atom is 0.274 e. The van der Waals surface area contributed by atoms with Gasteiger partial charge >= 0.3 is 0 Å². The molecule has 1 saturated heterocycles. The highest BCUT2D eigenvalue weighted by Crippen LogP contribution is 2.40.